The van der Waals surface area contributed by atoms with Crippen LogP contribution in [0.2, 0.25) is 0 Å². The van der Waals surface area contributed by atoms with Gasteiger partial charge in [-0.3, -0.25) is 4.79 Å². The van der Waals surface area contributed by atoms with Gasteiger partial charge in [0.1, 0.15) is 11.9 Å². The van der Waals surface area contributed by atoms with Crippen LogP contribution in [0.25, 0.3) is 0 Å². The Morgan fingerprint density at radius 1 is 1.10 bits per heavy atom. The summed E-state index contributed by atoms with van der Waals surface area (Å²) in [7, 11) is 3.18. The number of hydrogen-bond donors (Lipinski definition) is 1. The Labute approximate surface area is 118 Å². The van der Waals surface area contributed by atoms with Crippen molar-refractivity contribution in [2.45, 2.75) is 18.9 Å². The van der Waals surface area contributed by atoms with E-state index in [0.717, 1.165) is 5.76 Å². The van der Waals surface area contributed by atoms with Gasteiger partial charge in [0.05, 0.1) is 20.0 Å². The van der Waals surface area contributed by atoms with Gasteiger partial charge in [0.2, 0.25) is 0 Å². The molecule has 0 aliphatic heterocycles. The molecule has 0 radical (unpaired) electrons. The number of allylic oxidation sites excluding steroid dienone is 3. The van der Waals surface area contributed by atoms with Crippen LogP contribution in [0.1, 0.15) is 24.5 Å². The minimum absolute atomic E-state index is 0.262. The summed E-state index contributed by atoms with van der Waals surface area (Å²) >= 11 is 0. The Kier molecular flexibility index (Phi) is 4.58. The van der Waals surface area contributed by atoms with Crippen LogP contribution in [0.4, 0.5) is 0 Å². The molecule has 1 aromatic carbocycles. The lowest BCUT2D eigenvalue weighted by atomic mass is 9.94. The Morgan fingerprint density at radius 2 is 1.80 bits per heavy atom. The number of rotatable bonds is 5. The number of Topliss-reactive ketones (excluding diaryl/α,β-unsaturated/α-hetero) is 1. The zero-order valence-electron chi connectivity index (χ0n) is 11.6. The van der Waals surface area contributed by atoms with Gasteiger partial charge in [0.25, 0.3) is 0 Å². The molecule has 0 saturated carbocycles. The van der Waals surface area contributed by atoms with E-state index in [1.165, 1.54) is 0 Å². The first kappa shape index (κ1) is 14.3. The Balaban J connectivity index is 2.12. The molecule has 0 aromatic heterocycles. The molecule has 2 rings (SSSR count). The average Bonchev–Trinajstić information content (AvgIpc) is 2.53. The van der Waals surface area contributed by atoms with Gasteiger partial charge in [0.15, 0.2) is 5.78 Å². The third kappa shape index (κ3) is 3.08. The molecular weight excluding hydrogens is 256 g/mol. The average molecular weight is 274 g/mol. The molecule has 1 aromatic rings. The summed E-state index contributed by atoms with van der Waals surface area (Å²) in [5.74, 6) is 1.28. The Morgan fingerprint density at radius 3 is 2.30 bits per heavy atom. The maximum absolute atomic E-state index is 12.2. The lowest BCUT2D eigenvalue weighted by Crippen LogP contribution is -2.16. The van der Waals surface area contributed by atoms with Gasteiger partial charge in [0, 0.05) is 6.42 Å². The molecule has 20 heavy (non-hydrogen) atoms. The molecule has 0 heterocycles. The van der Waals surface area contributed by atoms with E-state index in [1.54, 1.807) is 50.6 Å². The molecule has 0 saturated heterocycles. The molecular formula is C16H18O4. The van der Waals surface area contributed by atoms with E-state index in [0.29, 0.717) is 29.7 Å². The highest BCUT2D eigenvalue weighted by molar-refractivity contribution is 5.99. The maximum atomic E-state index is 12.2. The maximum Gasteiger partial charge on any atom is 0.191 e. The second kappa shape index (κ2) is 6.39. The number of hydrogen-bond acceptors (Lipinski definition) is 4. The van der Waals surface area contributed by atoms with Gasteiger partial charge in [-0.05, 0) is 35.8 Å². The fraction of sp³-hybridized carbons (Fsp3) is 0.312. The number of carbonyl (C=O) groups excluding carboxylic acids is 1. The Hall–Kier alpha value is -2.07. The molecule has 0 bridgehead atoms. The number of carbonyl (C=O) groups is 1. The normalized spacial score (nSPS) is 15.9. The van der Waals surface area contributed by atoms with Crippen molar-refractivity contribution >= 4 is 5.78 Å². The van der Waals surface area contributed by atoms with Crippen LogP contribution in [0.15, 0.2) is 47.7 Å². The monoisotopic (exact) mass is 274 g/mol. The highest BCUT2D eigenvalue weighted by Gasteiger charge is 2.22. The van der Waals surface area contributed by atoms with Crippen molar-refractivity contribution in [2.75, 3.05) is 14.2 Å². The lowest BCUT2D eigenvalue weighted by Gasteiger charge is -2.16. The van der Waals surface area contributed by atoms with Crippen molar-refractivity contribution in [3.8, 4) is 5.75 Å². The molecule has 106 valence electrons. The van der Waals surface area contributed by atoms with E-state index in [9.17, 15) is 9.90 Å². The lowest BCUT2D eigenvalue weighted by molar-refractivity contribution is -0.123. The van der Waals surface area contributed by atoms with E-state index in [1.807, 2.05) is 0 Å². The van der Waals surface area contributed by atoms with Crippen molar-refractivity contribution in [1.29, 1.82) is 0 Å². The van der Waals surface area contributed by atoms with Gasteiger partial charge in [-0.1, -0.05) is 18.2 Å². The first-order valence-corrected chi connectivity index (χ1v) is 6.45. The van der Waals surface area contributed by atoms with Crippen LogP contribution in [-0.2, 0) is 9.53 Å². The summed E-state index contributed by atoms with van der Waals surface area (Å²) in [6.07, 6.45) is 3.63. The Bertz CT molecular complexity index is 540. The van der Waals surface area contributed by atoms with Gasteiger partial charge in [-0.25, -0.2) is 0 Å². The second-order valence-electron chi connectivity index (χ2n) is 4.57. The third-order valence-electron chi connectivity index (χ3n) is 3.37. The summed E-state index contributed by atoms with van der Waals surface area (Å²) in [4.78, 5) is 12.2. The quantitative estimate of drug-likeness (QED) is 0.896. The molecule has 0 fully saturated rings. The molecule has 1 unspecified atom stereocenters. The van der Waals surface area contributed by atoms with Gasteiger partial charge in [-0.2, -0.15) is 0 Å². The van der Waals surface area contributed by atoms with Crippen LogP contribution in [0.3, 0.4) is 0 Å². The fourth-order valence-electron chi connectivity index (χ4n) is 2.11. The topological polar surface area (TPSA) is 55.8 Å². The summed E-state index contributed by atoms with van der Waals surface area (Å²) in [6, 6.07) is 6.84. The van der Waals surface area contributed by atoms with Crippen molar-refractivity contribution in [3.05, 3.63) is 53.3 Å². The van der Waals surface area contributed by atoms with Crippen LogP contribution in [0, 0.1) is 0 Å². The largest absolute Gasteiger partial charge is 0.501 e. The zero-order valence-corrected chi connectivity index (χ0v) is 11.6. The summed E-state index contributed by atoms with van der Waals surface area (Å²) in [5.41, 5.74) is 1.19. The van der Waals surface area contributed by atoms with E-state index >= 15 is 0 Å². The number of aliphatic hydroxyl groups excluding tert-OH is 1. The number of benzene rings is 1. The summed E-state index contributed by atoms with van der Waals surface area (Å²) in [6.45, 7) is 0. The van der Waals surface area contributed by atoms with Crippen LogP contribution in [-0.4, -0.2) is 25.1 Å². The SMILES string of the molecule is COC1=CC=C(C(=O)C(O)c2ccc(OC)cc2)CC1. The first-order valence-electron chi connectivity index (χ1n) is 6.45. The molecule has 0 amide bonds. The summed E-state index contributed by atoms with van der Waals surface area (Å²) < 4.78 is 10.2. The van der Waals surface area contributed by atoms with E-state index < -0.39 is 6.10 Å². The van der Waals surface area contributed by atoms with Crippen molar-refractivity contribution in [3.63, 3.8) is 0 Å². The predicted molar refractivity (Wildman–Crippen MR) is 75.4 cm³/mol. The van der Waals surface area contributed by atoms with Crippen molar-refractivity contribution in [1.82, 2.24) is 0 Å². The standard InChI is InChI=1S/C16H18O4/c1-19-13-7-3-11(4-8-13)15(17)16(18)12-5-9-14(20-2)10-6-12/h3-5,7-9,15,17H,6,10H2,1-2H3. The number of methoxy groups -OCH3 is 2. The highest BCUT2D eigenvalue weighted by atomic mass is 16.5. The minimum atomic E-state index is -1.13. The predicted octanol–water partition coefficient (Wildman–Crippen LogP) is 2.55. The van der Waals surface area contributed by atoms with Crippen molar-refractivity contribution in [2.24, 2.45) is 0 Å². The smallest absolute Gasteiger partial charge is 0.191 e. The number of ether oxygens (including phenoxy) is 2. The van der Waals surface area contributed by atoms with Gasteiger partial charge in [-0.15, -0.1) is 0 Å². The van der Waals surface area contributed by atoms with E-state index in [2.05, 4.69) is 0 Å². The molecule has 1 N–H and O–H groups in total. The van der Waals surface area contributed by atoms with Crippen molar-refractivity contribution < 1.29 is 19.4 Å². The fourth-order valence-corrected chi connectivity index (χ4v) is 2.11. The van der Waals surface area contributed by atoms with Crippen LogP contribution >= 0.6 is 0 Å². The number of aliphatic hydroxyl groups is 1. The van der Waals surface area contributed by atoms with Crippen LogP contribution in [0.5, 0.6) is 5.75 Å². The molecule has 1 aliphatic rings. The molecule has 4 heteroatoms. The van der Waals surface area contributed by atoms with E-state index in [-0.39, 0.29) is 5.78 Å². The highest BCUT2D eigenvalue weighted by Crippen LogP contribution is 2.26. The molecule has 1 aliphatic carbocycles. The van der Waals surface area contributed by atoms with Crippen LogP contribution < -0.4 is 4.74 Å². The molecule has 1 atom stereocenters. The summed E-state index contributed by atoms with van der Waals surface area (Å²) in [5, 5.41) is 10.1. The molecule has 0 spiro atoms. The first-order chi connectivity index (χ1) is 9.65. The zero-order chi connectivity index (χ0) is 14.5. The number of ketones is 1. The second-order valence-corrected chi connectivity index (χ2v) is 4.57. The van der Waals surface area contributed by atoms with Gasteiger partial charge >= 0.3 is 0 Å². The third-order valence-corrected chi connectivity index (χ3v) is 3.37. The van der Waals surface area contributed by atoms with E-state index in [4.69, 9.17) is 9.47 Å². The molecule has 4 nitrogen and oxygen atoms in total. The van der Waals surface area contributed by atoms with Gasteiger partial charge < -0.3 is 14.6 Å². The minimum Gasteiger partial charge on any atom is -0.501 e.